The largest absolute Gasteiger partial charge is 0.289 e. The number of fused-ring (bicyclic) bond motifs is 8. The first-order chi connectivity index (χ1) is 18.8. The van der Waals surface area contributed by atoms with Gasteiger partial charge in [-0.15, -0.1) is 0 Å². The number of carbonyl (C=O) groups is 1. The van der Waals surface area contributed by atoms with Crippen LogP contribution in [-0.2, 0) is 0 Å². The van der Waals surface area contributed by atoms with Gasteiger partial charge in [0.05, 0.1) is 0 Å². The predicted octanol–water partition coefficient (Wildman–Crippen LogP) is 9.84. The van der Waals surface area contributed by atoms with Crippen molar-refractivity contribution >= 4 is 70.4 Å². The van der Waals surface area contributed by atoms with Crippen molar-refractivity contribution in [2.24, 2.45) is 0 Å². The van der Waals surface area contributed by atoms with Crippen LogP contribution in [0.2, 0.25) is 0 Å². The van der Waals surface area contributed by atoms with Gasteiger partial charge in [0, 0.05) is 11.1 Å². The summed E-state index contributed by atoms with van der Waals surface area (Å²) in [6, 6.07) is 46.4. The average molecular weight is 483 g/mol. The van der Waals surface area contributed by atoms with Crippen molar-refractivity contribution in [1.29, 1.82) is 0 Å². The zero-order chi connectivity index (χ0) is 25.2. The first kappa shape index (κ1) is 21.1. The first-order valence-corrected chi connectivity index (χ1v) is 13.0. The van der Waals surface area contributed by atoms with E-state index in [1.807, 2.05) is 30.3 Å². The van der Waals surface area contributed by atoms with E-state index in [1.54, 1.807) is 0 Å². The molecule has 0 unspecified atom stereocenters. The van der Waals surface area contributed by atoms with Gasteiger partial charge in [0.1, 0.15) is 0 Å². The molecule has 8 aromatic rings. The highest BCUT2D eigenvalue weighted by Crippen LogP contribution is 2.44. The van der Waals surface area contributed by atoms with E-state index in [1.165, 1.54) is 48.5 Å². The Morgan fingerprint density at radius 3 is 1.13 bits per heavy atom. The lowest BCUT2D eigenvalue weighted by molar-refractivity contribution is 0.103. The second-order valence-electron chi connectivity index (χ2n) is 10.0. The Balaban J connectivity index is 1.73. The summed E-state index contributed by atoms with van der Waals surface area (Å²) in [5.41, 5.74) is 1.42. The minimum atomic E-state index is 0.0427. The van der Waals surface area contributed by atoms with E-state index in [9.17, 15) is 4.79 Å². The van der Waals surface area contributed by atoms with Gasteiger partial charge in [-0.05, 0) is 76.8 Å². The number of carbonyl (C=O) groups excluding carboxylic acids is 1. The van der Waals surface area contributed by atoms with Gasteiger partial charge in [-0.2, -0.15) is 0 Å². The van der Waals surface area contributed by atoms with Gasteiger partial charge in [-0.3, -0.25) is 4.79 Å². The molecule has 0 spiro atoms. The molecule has 1 heteroatoms. The normalized spacial score (nSPS) is 11.8. The van der Waals surface area contributed by atoms with Crippen molar-refractivity contribution in [3.63, 3.8) is 0 Å². The highest BCUT2D eigenvalue weighted by Gasteiger charge is 2.18. The van der Waals surface area contributed by atoms with Crippen LogP contribution in [0.15, 0.2) is 133 Å². The SMILES string of the molecule is O=C(c1ccccc1)c1cc2c3ccccc3c3ccccc3c3cccc4c5ccccc5c(c1)c2c34. The zero-order valence-corrected chi connectivity index (χ0v) is 20.6. The van der Waals surface area contributed by atoms with Gasteiger partial charge in [-0.1, -0.05) is 121 Å². The monoisotopic (exact) mass is 482 g/mol. The van der Waals surface area contributed by atoms with E-state index < -0.39 is 0 Å². The molecule has 0 N–H and O–H groups in total. The molecule has 0 aromatic heterocycles. The third-order valence-corrected chi connectivity index (χ3v) is 7.98. The average Bonchev–Trinajstić information content (AvgIpc) is 2.99. The third-order valence-electron chi connectivity index (χ3n) is 7.98. The van der Waals surface area contributed by atoms with Gasteiger partial charge in [0.15, 0.2) is 5.78 Å². The lowest BCUT2D eigenvalue weighted by Gasteiger charge is -2.17. The van der Waals surface area contributed by atoms with Crippen LogP contribution < -0.4 is 0 Å². The summed E-state index contributed by atoms with van der Waals surface area (Å²) in [7, 11) is 0. The molecule has 0 aliphatic rings. The molecule has 8 rings (SSSR count). The molecule has 0 saturated carbocycles. The number of hydrogen-bond acceptors (Lipinski definition) is 1. The molecule has 0 atom stereocenters. The maximum absolute atomic E-state index is 13.8. The van der Waals surface area contributed by atoms with Crippen LogP contribution in [0.5, 0.6) is 0 Å². The smallest absolute Gasteiger partial charge is 0.193 e. The quantitative estimate of drug-likeness (QED) is 0.177. The van der Waals surface area contributed by atoms with Gasteiger partial charge in [0.25, 0.3) is 0 Å². The Morgan fingerprint density at radius 1 is 0.316 bits per heavy atom. The summed E-state index contributed by atoms with van der Waals surface area (Å²) in [5.74, 6) is 0.0427. The summed E-state index contributed by atoms with van der Waals surface area (Å²) in [4.78, 5) is 13.8. The van der Waals surface area contributed by atoms with E-state index in [0.29, 0.717) is 11.1 Å². The van der Waals surface area contributed by atoms with E-state index in [4.69, 9.17) is 0 Å². The van der Waals surface area contributed by atoms with E-state index in [2.05, 4.69) is 103 Å². The number of hydrogen-bond donors (Lipinski definition) is 0. The number of ketones is 1. The van der Waals surface area contributed by atoms with Crippen molar-refractivity contribution < 1.29 is 4.79 Å². The van der Waals surface area contributed by atoms with Crippen molar-refractivity contribution in [2.45, 2.75) is 0 Å². The number of rotatable bonds is 2. The van der Waals surface area contributed by atoms with Crippen molar-refractivity contribution in [2.75, 3.05) is 0 Å². The fourth-order valence-electron chi connectivity index (χ4n) is 6.35. The van der Waals surface area contributed by atoms with Crippen LogP contribution in [0.25, 0.3) is 64.6 Å². The van der Waals surface area contributed by atoms with Gasteiger partial charge in [0.2, 0.25) is 0 Å². The fourth-order valence-corrected chi connectivity index (χ4v) is 6.35. The second-order valence-corrected chi connectivity index (χ2v) is 10.0. The molecule has 176 valence electrons. The van der Waals surface area contributed by atoms with Crippen LogP contribution in [0, 0.1) is 0 Å². The van der Waals surface area contributed by atoms with E-state index in [-0.39, 0.29) is 5.78 Å². The summed E-state index contributed by atoms with van der Waals surface area (Å²) in [6.07, 6.45) is 0. The highest BCUT2D eigenvalue weighted by atomic mass is 16.1. The molecule has 0 heterocycles. The maximum atomic E-state index is 13.8. The third kappa shape index (κ3) is 2.90. The Kier molecular flexibility index (Phi) is 4.44. The lowest BCUT2D eigenvalue weighted by atomic mass is 9.85. The Hall–Kier alpha value is -5.01. The lowest BCUT2D eigenvalue weighted by Crippen LogP contribution is -2.01. The molecule has 0 amide bonds. The minimum Gasteiger partial charge on any atom is -0.289 e. The molecule has 0 saturated heterocycles. The van der Waals surface area contributed by atoms with Crippen LogP contribution in [0.3, 0.4) is 0 Å². The molecule has 1 nitrogen and oxygen atoms in total. The molecular formula is C37H22O. The summed E-state index contributed by atoms with van der Waals surface area (Å²) >= 11 is 0. The minimum absolute atomic E-state index is 0.0427. The van der Waals surface area contributed by atoms with Crippen molar-refractivity contribution in [3.05, 3.63) is 145 Å². The van der Waals surface area contributed by atoms with E-state index in [0.717, 1.165) is 16.2 Å². The predicted molar refractivity (Wildman–Crippen MR) is 161 cm³/mol. The summed E-state index contributed by atoms with van der Waals surface area (Å²) in [5, 5.41) is 14.3. The molecule has 0 aliphatic carbocycles. The maximum Gasteiger partial charge on any atom is 0.193 e. The Morgan fingerprint density at radius 2 is 0.658 bits per heavy atom. The van der Waals surface area contributed by atoms with Gasteiger partial charge >= 0.3 is 0 Å². The standard InChI is InChI=1S/C37H22O/c38-37(23-11-2-1-3-12-23)24-21-33-29-17-8-5-14-26(29)25-13-4-6-15-27(25)31-19-10-20-32-28-16-7-9-18-30(28)34(22-24)36(33)35(31)32/h1-22H. The van der Waals surface area contributed by atoms with Crippen molar-refractivity contribution in [3.8, 4) is 0 Å². The van der Waals surface area contributed by atoms with Gasteiger partial charge < -0.3 is 0 Å². The second kappa shape index (κ2) is 7.99. The molecule has 8 aromatic carbocycles. The van der Waals surface area contributed by atoms with Crippen LogP contribution in [-0.4, -0.2) is 5.78 Å². The molecular weight excluding hydrogens is 460 g/mol. The van der Waals surface area contributed by atoms with Gasteiger partial charge in [-0.25, -0.2) is 0 Å². The topological polar surface area (TPSA) is 17.1 Å². The van der Waals surface area contributed by atoms with Crippen molar-refractivity contribution in [1.82, 2.24) is 0 Å². The zero-order valence-electron chi connectivity index (χ0n) is 20.6. The van der Waals surface area contributed by atoms with Crippen LogP contribution in [0.1, 0.15) is 15.9 Å². The van der Waals surface area contributed by atoms with Crippen LogP contribution >= 0.6 is 0 Å². The Bertz CT molecular complexity index is 2240. The highest BCUT2D eigenvalue weighted by molar-refractivity contribution is 6.39. The van der Waals surface area contributed by atoms with Crippen LogP contribution in [0.4, 0.5) is 0 Å². The molecule has 38 heavy (non-hydrogen) atoms. The number of benzene rings is 7. The Labute approximate surface area is 219 Å². The molecule has 0 aliphatic heterocycles. The first-order valence-electron chi connectivity index (χ1n) is 13.0. The summed E-state index contributed by atoms with van der Waals surface area (Å²) in [6.45, 7) is 0. The summed E-state index contributed by atoms with van der Waals surface area (Å²) < 4.78 is 0. The molecule has 0 fully saturated rings. The van der Waals surface area contributed by atoms with E-state index >= 15 is 0 Å². The molecule has 0 bridgehead atoms. The fraction of sp³-hybridized carbons (Fsp3) is 0. The molecule has 0 radical (unpaired) electrons.